The maximum atomic E-state index is 11.7. The van der Waals surface area contributed by atoms with Gasteiger partial charge in [-0.05, 0) is 59.8 Å². The van der Waals surface area contributed by atoms with Gasteiger partial charge in [-0.25, -0.2) is 0 Å². The molecule has 1 saturated heterocycles. The topological polar surface area (TPSA) is 29.5 Å². The lowest BCUT2D eigenvalue weighted by molar-refractivity contribution is -0.276. The highest BCUT2D eigenvalue weighted by Gasteiger charge is 2.43. The number of piperidine rings is 1. The minimum atomic E-state index is 0.0333. The molecule has 0 aromatic rings. The van der Waals surface area contributed by atoms with Crippen LogP contribution >= 0.6 is 0 Å². The minimum absolute atomic E-state index is 0.0333. The summed E-state index contributed by atoms with van der Waals surface area (Å²) < 4.78 is 0. The van der Waals surface area contributed by atoms with Crippen LogP contribution in [0, 0.1) is 5.92 Å². The standard InChI is InChI=1S/C14H25NO2/c1-13(2)8-5-9-14(3,4)15(13)17-10-12(16)11-6-7-11/h11H,5-10H2,1-4H3. The van der Waals surface area contributed by atoms with Crippen molar-refractivity contribution in [3.05, 3.63) is 0 Å². The van der Waals surface area contributed by atoms with Crippen molar-refractivity contribution in [2.45, 2.75) is 70.9 Å². The molecule has 0 spiro atoms. The van der Waals surface area contributed by atoms with Gasteiger partial charge in [0.05, 0.1) is 0 Å². The lowest BCUT2D eigenvalue weighted by atomic mass is 9.82. The lowest BCUT2D eigenvalue weighted by Gasteiger charge is -2.51. The molecule has 98 valence electrons. The summed E-state index contributed by atoms with van der Waals surface area (Å²) in [5, 5.41) is 2.07. The summed E-state index contributed by atoms with van der Waals surface area (Å²) in [5.41, 5.74) is 0.0666. The van der Waals surface area contributed by atoms with E-state index in [1.807, 2.05) is 0 Å². The predicted molar refractivity (Wildman–Crippen MR) is 67.5 cm³/mol. The Morgan fingerprint density at radius 1 is 1.18 bits per heavy atom. The summed E-state index contributed by atoms with van der Waals surface area (Å²) in [6.07, 6.45) is 5.63. The monoisotopic (exact) mass is 239 g/mol. The lowest BCUT2D eigenvalue weighted by Crippen LogP contribution is -2.58. The van der Waals surface area contributed by atoms with E-state index in [9.17, 15) is 4.79 Å². The van der Waals surface area contributed by atoms with Crippen LogP contribution in [0.4, 0.5) is 0 Å². The van der Waals surface area contributed by atoms with Gasteiger partial charge >= 0.3 is 0 Å². The van der Waals surface area contributed by atoms with E-state index in [4.69, 9.17) is 4.84 Å². The number of hydrogen-bond donors (Lipinski definition) is 0. The van der Waals surface area contributed by atoms with Gasteiger partial charge in [0.1, 0.15) is 6.61 Å². The number of hydrogen-bond acceptors (Lipinski definition) is 3. The second-order valence-corrected chi connectivity index (χ2v) is 6.79. The highest BCUT2D eigenvalue weighted by molar-refractivity contribution is 5.84. The first-order valence-electron chi connectivity index (χ1n) is 6.79. The van der Waals surface area contributed by atoms with Crippen LogP contribution in [0.1, 0.15) is 59.8 Å². The SMILES string of the molecule is CC1(C)CCCC(C)(C)N1OCC(=O)C1CC1. The largest absolute Gasteiger partial charge is 0.297 e. The van der Waals surface area contributed by atoms with E-state index in [-0.39, 0.29) is 23.5 Å². The molecule has 1 aliphatic carbocycles. The van der Waals surface area contributed by atoms with Gasteiger partial charge in [0.2, 0.25) is 0 Å². The average molecular weight is 239 g/mol. The number of carbonyl (C=O) groups excluding carboxylic acids is 1. The fourth-order valence-corrected chi connectivity index (χ4v) is 2.98. The van der Waals surface area contributed by atoms with Crippen molar-refractivity contribution in [1.29, 1.82) is 0 Å². The molecule has 0 amide bonds. The van der Waals surface area contributed by atoms with E-state index < -0.39 is 0 Å². The van der Waals surface area contributed by atoms with Crippen LogP contribution in [0.15, 0.2) is 0 Å². The number of nitrogens with zero attached hydrogens (tertiary/aromatic N) is 1. The van der Waals surface area contributed by atoms with E-state index >= 15 is 0 Å². The normalized spacial score (nSPS) is 28.0. The van der Waals surface area contributed by atoms with Gasteiger partial charge in [0.15, 0.2) is 5.78 Å². The number of rotatable bonds is 4. The van der Waals surface area contributed by atoms with Crippen LogP contribution in [-0.4, -0.2) is 28.5 Å². The van der Waals surface area contributed by atoms with Crippen molar-refractivity contribution in [1.82, 2.24) is 5.06 Å². The number of carbonyl (C=O) groups is 1. The molecule has 1 aliphatic heterocycles. The van der Waals surface area contributed by atoms with Crippen LogP contribution < -0.4 is 0 Å². The van der Waals surface area contributed by atoms with Gasteiger partial charge in [-0.2, -0.15) is 5.06 Å². The minimum Gasteiger partial charge on any atom is -0.297 e. The van der Waals surface area contributed by atoms with Crippen molar-refractivity contribution in [2.24, 2.45) is 5.92 Å². The van der Waals surface area contributed by atoms with E-state index in [1.54, 1.807) is 0 Å². The fraction of sp³-hybridized carbons (Fsp3) is 0.929. The molecule has 0 bridgehead atoms. The molecule has 1 saturated carbocycles. The molecule has 1 heterocycles. The zero-order valence-electron chi connectivity index (χ0n) is 11.6. The molecule has 0 N–H and O–H groups in total. The molecular formula is C14H25NO2. The second-order valence-electron chi connectivity index (χ2n) is 6.79. The first-order chi connectivity index (χ1) is 7.83. The van der Waals surface area contributed by atoms with Crippen molar-refractivity contribution in [2.75, 3.05) is 6.61 Å². The summed E-state index contributed by atoms with van der Waals surface area (Å²) in [5.74, 6) is 0.577. The van der Waals surface area contributed by atoms with Crippen molar-refractivity contribution >= 4 is 5.78 Å². The summed E-state index contributed by atoms with van der Waals surface area (Å²) in [6, 6.07) is 0. The first-order valence-corrected chi connectivity index (χ1v) is 6.79. The zero-order valence-corrected chi connectivity index (χ0v) is 11.6. The van der Waals surface area contributed by atoms with E-state index in [2.05, 4.69) is 32.8 Å². The van der Waals surface area contributed by atoms with Crippen molar-refractivity contribution in [3.8, 4) is 0 Å². The number of ketones is 1. The number of hydroxylamine groups is 2. The molecule has 2 aliphatic rings. The summed E-state index contributed by atoms with van der Waals surface area (Å²) in [6.45, 7) is 9.08. The summed E-state index contributed by atoms with van der Waals surface area (Å²) >= 11 is 0. The van der Waals surface area contributed by atoms with Gasteiger partial charge in [0, 0.05) is 17.0 Å². The van der Waals surface area contributed by atoms with Crippen LogP contribution in [0.5, 0.6) is 0 Å². The maximum Gasteiger partial charge on any atom is 0.163 e. The van der Waals surface area contributed by atoms with E-state index in [1.165, 1.54) is 6.42 Å². The van der Waals surface area contributed by atoms with Gasteiger partial charge < -0.3 is 0 Å². The second kappa shape index (κ2) is 4.36. The Hall–Kier alpha value is -0.410. The molecule has 0 aromatic heterocycles. The molecule has 2 rings (SSSR count). The maximum absolute atomic E-state index is 11.7. The molecule has 0 unspecified atom stereocenters. The molecule has 2 fully saturated rings. The molecule has 3 heteroatoms. The van der Waals surface area contributed by atoms with Crippen molar-refractivity contribution in [3.63, 3.8) is 0 Å². The van der Waals surface area contributed by atoms with Gasteiger partial charge in [-0.3, -0.25) is 9.63 Å². The van der Waals surface area contributed by atoms with Gasteiger partial charge in [-0.15, -0.1) is 0 Å². The molecule has 0 aromatic carbocycles. The highest BCUT2D eigenvalue weighted by atomic mass is 16.7. The summed E-state index contributed by atoms with van der Waals surface area (Å²) in [4.78, 5) is 17.6. The summed E-state index contributed by atoms with van der Waals surface area (Å²) in [7, 11) is 0. The Labute approximate surface area is 104 Å². The predicted octanol–water partition coefficient (Wildman–Crippen LogP) is 2.94. The molecular weight excluding hydrogens is 214 g/mol. The van der Waals surface area contributed by atoms with Gasteiger partial charge in [-0.1, -0.05) is 0 Å². The molecule has 0 atom stereocenters. The van der Waals surface area contributed by atoms with Gasteiger partial charge in [0.25, 0.3) is 0 Å². The number of Topliss-reactive ketones (excluding diaryl/α,β-unsaturated/α-hetero) is 1. The van der Waals surface area contributed by atoms with Crippen LogP contribution in [0.3, 0.4) is 0 Å². The Bertz CT molecular complexity index is 289. The van der Waals surface area contributed by atoms with Crippen LogP contribution in [-0.2, 0) is 9.63 Å². The van der Waals surface area contributed by atoms with Crippen LogP contribution in [0.25, 0.3) is 0 Å². The highest BCUT2D eigenvalue weighted by Crippen LogP contribution is 2.38. The average Bonchev–Trinajstić information content (AvgIpc) is 2.97. The Balaban J connectivity index is 1.96. The van der Waals surface area contributed by atoms with E-state index in [0.29, 0.717) is 5.92 Å². The Kier molecular flexibility index (Phi) is 3.34. The van der Waals surface area contributed by atoms with Crippen LogP contribution in [0.2, 0.25) is 0 Å². The first kappa shape index (κ1) is 13.0. The third-order valence-electron chi connectivity index (χ3n) is 4.05. The molecule has 3 nitrogen and oxygen atoms in total. The molecule has 17 heavy (non-hydrogen) atoms. The Morgan fingerprint density at radius 2 is 1.71 bits per heavy atom. The van der Waals surface area contributed by atoms with Crippen molar-refractivity contribution < 1.29 is 9.63 Å². The fourth-order valence-electron chi connectivity index (χ4n) is 2.98. The Morgan fingerprint density at radius 3 is 2.18 bits per heavy atom. The third kappa shape index (κ3) is 2.89. The third-order valence-corrected chi connectivity index (χ3v) is 4.05. The quantitative estimate of drug-likeness (QED) is 0.755. The molecule has 0 radical (unpaired) electrons. The smallest absolute Gasteiger partial charge is 0.163 e. The zero-order chi connectivity index (χ0) is 12.7. The van der Waals surface area contributed by atoms with E-state index in [0.717, 1.165) is 25.7 Å².